The average molecular weight is 286 g/mol. The molecule has 22 heavy (non-hydrogen) atoms. The minimum atomic E-state index is 0.452. The Bertz CT molecular complexity index is 946. The molecule has 4 rings (SSSR count). The largest absolute Gasteiger partial charge is 0.455 e. The Labute approximate surface area is 130 Å². The third kappa shape index (κ3) is 1.93. The predicted octanol–water partition coefficient (Wildman–Crippen LogP) is 6.38. The van der Waals surface area contributed by atoms with Gasteiger partial charge in [0.15, 0.2) is 0 Å². The van der Waals surface area contributed by atoms with E-state index in [0.717, 1.165) is 11.2 Å². The van der Waals surface area contributed by atoms with E-state index in [4.69, 9.17) is 4.42 Å². The molecule has 0 atom stereocenters. The normalized spacial score (nSPS) is 11.6. The highest BCUT2D eigenvalue weighted by Crippen LogP contribution is 2.40. The fourth-order valence-electron chi connectivity index (χ4n) is 3.19. The fraction of sp³-hybridized carbons (Fsp3) is 0.143. The second kappa shape index (κ2) is 5.03. The van der Waals surface area contributed by atoms with Crippen molar-refractivity contribution in [2.75, 3.05) is 0 Å². The molecule has 0 radical (unpaired) electrons. The Hall–Kier alpha value is -2.54. The highest BCUT2D eigenvalue weighted by atomic mass is 16.3. The lowest BCUT2D eigenvalue weighted by Crippen LogP contribution is -1.92. The van der Waals surface area contributed by atoms with E-state index < -0.39 is 0 Å². The van der Waals surface area contributed by atoms with E-state index >= 15 is 0 Å². The van der Waals surface area contributed by atoms with Crippen LogP contribution in [0.4, 0.5) is 0 Å². The molecule has 0 fully saturated rings. The van der Waals surface area contributed by atoms with E-state index in [1.54, 1.807) is 0 Å². The average Bonchev–Trinajstić information content (AvgIpc) is 2.93. The molecule has 0 saturated carbocycles. The summed E-state index contributed by atoms with van der Waals surface area (Å²) in [5.74, 6) is 0.452. The summed E-state index contributed by atoms with van der Waals surface area (Å²) in [6.07, 6.45) is 0. The van der Waals surface area contributed by atoms with Crippen LogP contribution in [-0.2, 0) is 0 Å². The van der Waals surface area contributed by atoms with Crippen LogP contribution in [0.25, 0.3) is 33.1 Å². The zero-order valence-corrected chi connectivity index (χ0v) is 12.8. The Morgan fingerprint density at radius 1 is 0.727 bits per heavy atom. The van der Waals surface area contributed by atoms with E-state index in [9.17, 15) is 0 Å². The quantitative estimate of drug-likeness (QED) is 0.417. The minimum Gasteiger partial charge on any atom is -0.455 e. The molecule has 0 bridgehead atoms. The summed E-state index contributed by atoms with van der Waals surface area (Å²) < 4.78 is 6.23. The maximum atomic E-state index is 6.23. The molecular weight excluding hydrogens is 268 g/mol. The summed E-state index contributed by atoms with van der Waals surface area (Å²) in [6, 6.07) is 23.2. The summed E-state index contributed by atoms with van der Waals surface area (Å²) in [5, 5.41) is 2.38. The molecule has 1 heteroatoms. The van der Waals surface area contributed by atoms with Gasteiger partial charge in [-0.25, -0.2) is 0 Å². The van der Waals surface area contributed by atoms with E-state index in [1.165, 1.54) is 27.5 Å². The van der Waals surface area contributed by atoms with Crippen LogP contribution in [0.1, 0.15) is 25.3 Å². The first-order valence-electron chi connectivity index (χ1n) is 7.75. The first-order chi connectivity index (χ1) is 10.8. The third-order valence-electron chi connectivity index (χ3n) is 4.26. The summed E-state index contributed by atoms with van der Waals surface area (Å²) in [6.45, 7) is 4.46. The smallest absolute Gasteiger partial charge is 0.143 e. The first-order valence-corrected chi connectivity index (χ1v) is 7.75. The summed E-state index contributed by atoms with van der Waals surface area (Å²) in [4.78, 5) is 0. The van der Waals surface area contributed by atoms with E-state index in [1.807, 2.05) is 12.1 Å². The number of rotatable bonds is 2. The lowest BCUT2D eigenvalue weighted by atomic mass is 9.91. The van der Waals surface area contributed by atoms with Gasteiger partial charge in [0, 0.05) is 16.3 Å². The van der Waals surface area contributed by atoms with Gasteiger partial charge in [-0.3, -0.25) is 0 Å². The molecule has 1 nitrogen and oxygen atoms in total. The topological polar surface area (TPSA) is 13.1 Å². The van der Waals surface area contributed by atoms with Crippen molar-refractivity contribution in [2.45, 2.75) is 19.8 Å². The molecule has 0 aliphatic rings. The predicted molar refractivity (Wildman–Crippen MR) is 93.2 cm³/mol. The molecule has 0 amide bonds. The molecule has 0 spiro atoms. The summed E-state index contributed by atoms with van der Waals surface area (Å²) in [5.41, 5.74) is 5.73. The van der Waals surface area contributed by atoms with Crippen molar-refractivity contribution in [3.63, 3.8) is 0 Å². The van der Waals surface area contributed by atoms with E-state index in [2.05, 4.69) is 68.4 Å². The Morgan fingerprint density at radius 3 is 2.23 bits per heavy atom. The van der Waals surface area contributed by atoms with Crippen molar-refractivity contribution < 1.29 is 4.42 Å². The highest BCUT2D eigenvalue weighted by Gasteiger charge is 2.17. The molecule has 0 N–H and O–H groups in total. The van der Waals surface area contributed by atoms with Gasteiger partial charge in [-0.15, -0.1) is 0 Å². The molecule has 1 heterocycles. The van der Waals surface area contributed by atoms with Crippen molar-refractivity contribution in [1.29, 1.82) is 0 Å². The number of benzene rings is 3. The van der Waals surface area contributed by atoms with Crippen LogP contribution >= 0.6 is 0 Å². The van der Waals surface area contributed by atoms with Crippen molar-refractivity contribution >= 4 is 21.9 Å². The lowest BCUT2D eigenvalue weighted by molar-refractivity contribution is 0.668. The molecule has 0 unspecified atom stereocenters. The van der Waals surface area contributed by atoms with Crippen LogP contribution in [0.15, 0.2) is 71.1 Å². The van der Waals surface area contributed by atoms with E-state index in [0.29, 0.717) is 5.92 Å². The van der Waals surface area contributed by atoms with Crippen LogP contribution in [0.3, 0.4) is 0 Å². The van der Waals surface area contributed by atoms with Crippen LogP contribution in [0.5, 0.6) is 0 Å². The highest BCUT2D eigenvalue weighted by molar-refractivity contribution is 6.10. The molecule has 0 aliphatic heterocycles. The fourth-order valence-corrected chi connectivity index (χ4v) is 3.19. The van der Waals surface area contributed by atoms with Crippen LogP contribution in [0, 0.1) is 0 Å². The molecule has 0 saturated heterocycles. The Kier molecular flexibility index (Phi) is 3.00. The number of para-hydroxylation sites is 1. The van der Waals surface area contributed by atoms with Crippen LogP contribution in [0.2, 0.25) is 0 Å². The third-order valence-corrected chi connectivity index (χ3v) is 4.26. The van der Waals surface area contributed by atoms with Gasteiger partial charge in [0.1, 0.15) is 11.2 Å². The molecule has 108 valence electrons. The van der Waals surface area contributed by atoms with Gasteiger partial charge in [-0.2, -0.15) is 0 Å². The second-order valence-electron chi connectivity index (χ2n) is 6.03. The maximum Gasteiger partial charge on any atom is 0.143 e. The summed E-state index contributed by atoms with van der Waals surface area (Å²) in [7, 11) is 0. The van der Waals surface area contributed by atoms with Crippen molar-refractivity contribution in [3.8, 4) is 11.1 Å². The number of furan rings is 1. The Morgan fingerprint density at radius 2 is 1.45 bits per heavy atom. The van der Waals surface area contributed by atoms with Gasteiger partial charge in [0.05, 0.1) is 0 Å². The van der Waals surface area contributed by atoms with Crippen molar-refractivity contribution in [3.05, 3.63) is 72.3 Å². The van der Waals surface area contributed by atoms with Gasteiger partial charge in [-0.1, -0.05) is 74.5 Å². The zero-order valence-electron chi connectivity index (χ0n) is 12.8. The molecule has 1 aromatic heterocycles. The van der Waals surface area contributed by atoms with Gasteiger partial charge in [-0.05, 0) is 23.1 Å². The van der Waals surface area contributed by atoms with Gasteiger partial charge >= 0.3 is 0 Å². The van der Waals surface area contributed by atoms with Crippen molar-refractivity contribution in [1.82, 2.24) is 0 Å². The minimum absolute atomic E-state index is 0.452. The maximum absolute atomic E-state index is 6.23. The number of hydrogen-bond acceptors (Lipinski definition) is 1. The van der Waals surface area contributed by atoms with Crippen LogP contribution in [-0.4, -0.2) is 0 Å². The molecule has 3 aromatic carbocycles. The Balaban J connectivity index is 2.16. The van der Waals surface area contributed by atoms with Gasteiger partial charge < -0.3 is 4.42 Å². The molecule has 4 aromatic rings. The molecular formula is C21H18O. The van der Waals surface area contributed by atoms with E-state index in [-0.39, 0.29) is 0 Å². The standard InChI is InChI=1S/C21H18O/c1-14(2)16-12-13-18-17-10-6-7-11-19(17)22-21(18)20(16)15-8-4-3-5-9-15/h3-14H,1-2H3. The first kappa shape index (κ1) is 13.1. The summed E-state index contributed by atoms with van der Waals surface area (Å²) >= 11 is 0. The molecule has 0 aliphatic carbocycles. The zero-order chi connectivity index (χ0) is 15.1. The van der Waals surface area contributed by atoms with Gasteiger partial charge in [0.2, 0.25) is 0 Å². The monoisotopic (exact) mass is 286 g/mol. The second-order valence-corrected chi connectivity index (χ2v) is 6.03. The lowest BCUT2D eigenvalue weighted by Gasteiger charge is -2.13. The SMILES string of the molecule is CC(C)c1ccc2c(oc3ccccc32)c1-c1ccccc1. The van der Waals surface area contributed by atoms with Crippen molar-refractivity contribution in [2.24, 2.45) is 0 Å². The number of hydrogen-bond donors (Lipinski definition) is 0. The van der Waals surface area contributed by atoms with Crippen LogP contribution < -0.4 is 0 Å². The number of fused-ring (bicyclic) bond motifs is 3. The van der Waals surface area contributed by atoms with Gasteiger partial charge in [0.25, 0.3) is 0 Å².